The minimum atomic E-state index is -0.946. The van der Waals surface area contributed by atoms with Crippen LogP contribution in [0, 0.1) is 27.7 Å². The van der Waals surface area contributed by atoms with E-state index in [1.165, 1.54) is 43.5 Å². The van der Waals surface area contributed by atoms with Gasteiger partial charge in [0.15, 0.2) is 0 Å². The Kier molecular flexibility index (Phi) is 8.73. The number of benzene rings is 4. The lowest BCUT2D eigenvalue weighted by atomic mass is 10.2. The predicted molar refractivity (Wildman–Crippen MR) is 161 cm³/mol. The SMILES string of the molecule is Cc1cc(C)cc(P(CCC(Cl)(Cl)P(c2ccccc2)c2ccccc2)c2cc(C)cc(C)c2)c1. The van der Waals surface area contributed by atoms with Crippen molar-refractivity contribution in [1.29, 1.82) is 0 Å². The fraction of sp³-hybridized carbons (Fsp3) is 0.226. The van der Waals surface area contributed by atoms with Gasteiger partial charge in [0.05, 0.1) is 0 Å². The van der Waals surface area contributed by atoms with E-state index < -0.39 is 19.9 Å². The Morgan fingerprint density at radius 1 is 0.543 bits per heavy atom. The molecule has 0 aliphatic heterocycles. The first-order valence-electron chi connectivity index (χ1n) is 12.0. The molecule has 0 aliphatic carbocycles. The van der Waals surface area contributed by atoms with Gasteiger partial charge in [-0.05, 0) is 77.3 Å². The van der Waals surface area contributed by atoms with E-state index in [0.29, 0.717) is 0 Å². The molecular weight excluding hydrogens is 505 g/mol. The summed E-state index contributed by atoms with van der Waals surface area (Å²) in [5.74, 6) is 0. The average Bonchev–Trinajstić information content (AvgIpc) is 2.79. The highest BCUT2D eigenvalue weighted by Crippen LogP contribution is 2.57. The van der Waals surface area contributed by atoms with E-state index in [4.69, 9.17) is 23.2 Å². The first-order chi connectivity index (χ1) is 16.7. The molecule has 4 heteroatoms. The Bertz CT molecular complexity index is 1140. The monoisotopic (exact) mass is 536 g/mol. The Morgan fingerprint density at radius 3 is 1.29 bits per heavy atom. The van der Waals surface area contributed by atoms with Crippen LogP contribution in [-0.2, 0) is 0 Å². The van der Waals surface area contributed by atoms with Crippen LogP contribution in [0.1, 0.15) is 28.7 Å². The van der Waals surface area contributed by atoms with Gasteiger partial charge in [0.1, 0.15) is 4.07 Å². The van der Waals surface area contributed by atoms with E-state index in [1.807, 2.05) is 12.1 Å². The largest absolute Gasteiger partial charge is 0.145 e. The van der Waals surface area contributed by atoms with Crippen molar-refractivity contribution in [2.24, 2.45) is 0 Å². The van der Waals surface area contributed by atoms with E-state index in [-0.39, 0.29) is 0 Å². The van der Waals surface area contributed by atoms with Gasteiger partial charge in [0.2, 0.25) is 0 Å². The molecule has 0 heterocycles. The first-order valence-corrected chi connectivity index (χ1v) is 15.6. The highest BCUT2D eigenvalue weighted by molar-refractivity contribution is 7.77. The van der Waals surface area contributed by atoms with Crippen molar-refractivity contribution in [3.8, 4) is 0 Å². The van der Waals surface area contributed by atoms with E-state index in [1.54, 1.807) is 0 Å². The molecule has 0 saturated heterocycles. The molecule has 4 aromatic rings. The van der Waals surface area contributed by atoms with Gasteiger partial charge >= 0.3 is 0 Å². The third-order valence-corrected chi connectivity index (χ3v) is 12.4. The number of hydrogen-bond donors (Lipinski definition) is 0. The van der Waals surface area contributed by atoms with Gasteiger partial charge in [-0.15, -0.1) is 0 Å². The molecule has 0 fully saturated rings. The van der Waals surface area contributed by atoms with Gasteiger partial charge < -0.3 is 0 Å². The summed E-state index contributed by atoms with van der Waals surface area (Å²) in [6.07, 6.45) is 1.66. The van der Waals surface area contributed by atoms with Crippen LogP contribution in [-0.4, -0.2) is 10.2 Å². The lowest BCUT2D eigenvalue weighted by molar-refractivity contribution is 0.987. The van der Waals surface area contributed by atoms with Crippen molar-refractivity contribution in [3.63, 3.8) is 0 Å². The standard InChI is InChI=1S/C31H32Cl2P2/c1-23-17-24(2)20-29(19-23)34(30-21-25(3)18-26(4)22-30)16-15-31(32,33)35(27-11-7-5-8-12-27)28-13-9-6-10-14-28/h5-14,17-22H,15-16H2,1-4H3. The topological polar surface area (TPSA) is 0 Å². The maximum absolute atomic E-state index is 7.32. The van der Waals surface area contributed by atoms with Gasteiger partial charge in [-0.1, -0.05) is 143 Å². The summed E-state index contributed by atoms with van der Waals surface area (Å²) < 4.78 is -0.879. The van der Waals surface area contributed by atoms with Gasteiger partial charge in [0, 0.05) is 0 Å². The van der Waals surface area contributed by atoms with E-state index in [0.717, 1.165) is 12.6 Å². The van der Waals surface area contributed by atoms with E-state index >= 15 is 0 Å². The molecule has 0 N–H and O–H groups in total. The van der Waals surface area contributed by atoms with Gasteiger partial charge in [-0.2, -0.15) is 0 Å². The molecule has 180 valence electrons. The van der Waals surface area contributed by atoms with Crippen LogP contribution in [0.5, 0.6) is 0 Å². The maximum atomic E-state index is 7.32. The number of alkyl halides is 2. The molecule has 35 heavy (non-hydrogen) atoms. The average molecular weight is 537 g/mol. The molecule has 0 nitrogen and oxygen atoms in total. The molecule has 0 amide bonds. The van der Waals surface area contributed by atoms with Crippen molar-refractivity contribution in [2.75, 3.05) is 6.16 Å². The molecule has 0 unspecified atom stereocenters. The zero-order chi connectivity index (χ0) is 25.0. The van der Waals surface area contributed by atoms with Crippen molar-refractivity contribution in [2.45, 2.75) is 38.2 Å². The van der Waals surface area contributed by atoms with Crippen LogP contribution >= 0.6 is 39.0 Å². The van der Waals surface area contributed by atoms with Crippen molar-refractivity contribution in [1.82, 2.24) is 0 Å². The van der Waals surface area contributed by atoms with Gasteiger partial charge in [-0.3, -0.25) is 0 Å². The Balaban J connectivity index is 1.72. The lowest BCUT2D eigenvalue weighted by Crippen LogP contribution is -2.27. The zero-order valence-electron chi connectivity index (χ0n) is 20.8. The second-order valence-electron chi connectivity index (χ2n) is 9.27. The summed E-state index contributed by atoms with van der Waals surface area (Å²) in [6, 6.07) is 34.9. The number of aryl methyl sites for hydroxylation is 4. The second kappa shape index (κ2) is 11.6. The Labute approximate surface area is 223 Å². The summed E-state index contributed by atoms with van der Waals surface area (Å²) in [7, 11) is -1.55. The Morgan fingerprint density at radius 2 is 0.914 bits per heavy atom. The van der Waals surface area contributed by atoms with Gasteiger partial charge in [-0.25, -0.2) is 0 Å². The highest BCUT2D eigenvalue weighted by Gasteiger charge is 2.37. The number of halogens is 2. The molecule has 0 aromatic heterocycles. The van der Waals surface area contributed by atoms with Crippen LogP contribution in [0.3, 0.4) is 0 Å². The molecule has 0 bridgehead atoms. The van der Waals surface area contributed by atoms with Crippen molar-refractivity contribution < 1.29 is 0 Å². The van der Waals surface area contributed by atoms with Crippen LogP contribution in [0.25, 0.3) is 0 Å². The minimum Gasteiger partial charge on any atom is -0.0958 e. The zero-order valence-corrected chi connectivity index (χ0v) is 24.1. The van der Waals surface area contributed by atoms with Crippen LogP contribution in [0.15, 0.2) is 97.1 Å². The molecule has 4 rings (SSSR count). The molecule has 0 radical (unpaired) electrons. The summed E-state index contributed by atoms with van der Waals surface area (Å²) in [5.41, 5.74) is 5.21. The minimum absolute atomic E-state index is 0.601. The predicted octanol–water partition coefficient (Wildman–Crippen LogP) is 8.01. The third-order valence-electron chi connectivity index (χ3n) is 6.03. The fourth-order valence-corrected chi connectivity index (χ4v) is 11.6. The normalized spacial score (nSPS) is 11.9. The maximum Gasteiger partial charge on any atom is 0.145 e. The summed E-state index contributed by atoms with van der Waals surface area (Å²) in [6.45, 7) is 8.73. The number of hydrogen-bond acceptors (Lipinski definition) is 0. The summed E-state index contributed by atoms with van der Waals surface area (Å²) in [5, 5.41) is 5.22. The second-order valence-corrected chi connectivity index (χ2v) is 16.1. The quantitative estimate of drug-likeness (QED) is 0.158. The molecule has 0 spiro atoms. The smallest absolute Gasteiger partial charge is 0.0958 e. The molecule has 0 atom stereocenters. The fourth-order valence-electron chi connectivity index (χ4n) is 4.66. The lowest BCUT2D eigenvalue weighted by Gasteiger charge is -2.33. The van der Waals surface area contributed by atoms with Gasteiger partial charge in [0.25, 0.3) is 0 Å². The first kappa shape index (κ1) is 26.4. The molecule has 4 aromatic carbocycles. The summed E-state index contributed by atoms with van der Waals surface area (Å²) >= 11 is 14.6. The van der Waals surface area contributed by atoms with Crippen molar-refractivity contribution in [3.05, 3.63) is 119 Å². The van der Waals surface area contributed by atoms with Crippen LogP contribution in [0.4, 0.5) is 0 Å². The molecule has 0 saturated carbocycles. The molecular formula is C31H32Cl2P2. The highest BCUT2D eigenvalue weighted by atomic mass is 35.5. The third kappa shape index (κ3) is 6.76. The van der Waals surface area contributed by atoms with Crippen molar-refractivity contribution >= 4 is 60.3 Å². The number of rotatable bonds is 8. The van der Waals surface area contributed by atoms with E-state index in [9.17, 15) is 0 Å². The van der Waals surface area contributed by atoms with E-state index in [2.05, 4.69) is 113 Å². The van der Waals surface area contributed by atoms with Crippen LogP contribution < -0.4 is 21.2 Å². The molecule has 0 aliphatic rings. The van der Waals surface area contributed by atoms with Crippen LogP contribution in [0.2, 0.25) is 0 Å². The Hall–Kier alpha value is -1.68. The summed E-state index contributed by atoms with van der Waals surface area (Å²) in [4.78, 5) is 0.